The standard InChI is InChI=1S/C17H14ClNO2/c1-21-17-8-3-2-5-13(17)16(20)11-19-10-9-12-14(18)6-4-7-15(12)19/h2-10H,11H2,1H3. The van der Waals surface area contributed by atoms with E-state index in [-0.39, 0.29) is 12.3 Å². The number of rotatable bonds is 4. The maximum atomic E-state index is 12.5. The summed E-state index contributed by atoms with van der Waals surface area (Å²) in [7, 11) is 1.57. The van der Waals surface area contributed by atoms with Gasteiger partial charge in [-0.05, 0) is 30.3 Å². The van der Waals surface area contributed by atoms with E-state index in [1.54, 1.807) is 19.2 Å². The van der Waals surface area contributed by atoms with Crippen molar-refractivity contribution in [1.29, 1.82) is 0 Å². The Morgan fingerprint density at radius 1 is 1.14 bits per heavy atom. The highest BCUT2D eigenvalue weighted by Gasteiger charge is 2.13. The number of carbonyl (C=O) groups excluding carboxylic acids is 1. The predicted octanol–water partition coefficient (Wildman–Crippen LogP) is 4.19. The Labute approximate surface area is 127 Å². The van der Waals surface area contributed by atoms with E-state index in [9.17, 15) is 4.79 Å². The minimum Gasteiger partial charge on any atom is -0.496 e. The zero-order valence-electron chi connectivity index (χ0n) is 11.5. The highest BCUT2D eigenvalue weighted by molar-refractivity contribution is 6.35. The van der Waals surface area contributed by atoms with Crippen LogP contribution in [-0.4, -0.2) is 17.5 Å². The first kappa shape index (κ1) is 13.7. The Balaban J connectivity index is 1.95. The Morgan fingerprint density at radius 2 is 1.95 bits per heavy atom. The molecule has 2 aromatic carbocycles. The van der Waals surface area contributed by atoms with E-state index in [1.807, 2.05) is 47.2 Å². The number of para-hydroxylation sites is 1. The Kier molecular flexibility index (Phi) is 3.67. The van der Waals surface area contributed by atoms with E-state index in [2.05, 4.69) is 0 Å². The van der Waals surface area contributed by atoms with Crippen LogP contribution in [0.25, 0.3) is 10.9 Å². The van der Waals surface area contributed by atoms with Crippen molar-refractivity contribution in [1.82, 2.24) is 4.57 Å². The number of carbonyl (C=O) groups is 1. The molecule has 0 amide bonds. The van der Waals surface area contributed by atoms with Gasteiger partial charge in [0.25, 0.3) is 0 Å². The Morgan fingerprint density at radius 3 is 2.76 bits per heavy atom. The predicted molar refractivity (Wildman–Crippen MR) is 84.3 cm³/mol. The second kappa shape index (κ2) is 5.62. The number of aromatic nitrogens is 1. The molecule has 4 heteroatoms. The van der Waals surface area contributed by atoms with Gasteiger partial charge in [-0.1, -0.05) is 29.8 Å². The van der Waals surface area contributed by atoms with Crippen molar-refractivity contribution in [3.63, 3.8) is 0 Å². The molecule has 0 saturated carbocycles. The molecule has 0 aliphatic carbocycles. The van der Waals surface area contributed by atoms with Crippen molar-refractivity contribution in [2.24, 2.45) is 0 Å². The summed E-state index contributed by atoms with van der Waals surface area (Å²) < 4.78 is 7.14. The average Bonchev–Trinajstić information content (AvgIpc) is 2.92. The Bertz CT molecular complexity index is 807. The minimum atomic E-state index is 0.00456. The molecule has 1 aromatic heterocycles. The van der Waals surface area contributed by atoms with Crippen molar-refractivity contribution in [3.8, 4) is 5.75 Å². The summed E-state index contributed by atoms with van der Waals surface area (Å²) in [6, 6.07) is 14.9. The molecular weight excluding hydrogens is 286 g/mol. The summed E-state index contributed by atoms with van der Waals surface area (Å²) in [5, 5.41) is 1.64. The van der Waals surface area contributed by atoms with Gasteiger partial charge in [-0.15, -0.1) is 0 Å². The van der Waals surface area contributed by atoms with Crippen LogP contribution in [0, 0.1) is 0 Å². The molecule has 0 N–H and O–H groups in total. The number of hydrogen-bond donors (Lipinski definition) is 0. The highest BCUT2D eigenvalue weighted by Crippen LogP contribution is 2.25. The molecule has 0 radical (unpaired) electrons. The topological polar surface area (TPSA) is 31.2 Å². The summed E-state index contributed by atoms with van der Waals surface area (Å²) >= 11 is 6.15. The maximum absolute atomic E-state index is 12.5. The lowest BCUT2D eigenvalue weighted by Gasteiger charge is -2.09. The summed E-state index contributed by atoms with van der Waals surface area (Å²) in [5.74, 6) is 0.599. The second-order valence-electron chi connectivity index (χ2n) is 4.74. The van der Waals surface area contributed by atoms with Gasteiger partial charge in [0.2, 0.25) is 0 Å². The van der Waals surface area contributed by atoms with E-state index in [0.29, 0.717) is 16.3 Å². The molecule has 0 saturated heterocycles. The van der Waals surface area contributed by atoms with Crippen molar-refractivity contribution >= 4 is 28.3 Å². The third-order valence-electron chi connectivity index (χ3n) is 3.48. The van der Waals surface area contributed by atoms with Crippen molar-refractivity contribution < 1.29 is 9.53 Å². The van der Waals surface area contributed by atoms with Gasteiger partial charge in [0.1, 0.15) is 5.75 Å². The maximum Gasteiger partial charge on any atom is 0.186 e. The number of hydrogen-bond acceptors (Lipinski definition) is 2. The van der Waals surface area contributed by atoms with Crippen LogP contribution in [0.3, 0.4) is 0 Å². The number of ketones is 1. The van der Waals surface area contributed by atoms with Crippen molar-refractivity contribution in [2.45, 2.75) is 6.54 Å². The number of Topliss-reactive ketones (excluding diaryl/α,β-unsaturated/α-hetero) is 1. The van der Waals surface area contributed by atoms with Gasteiger partial charge in [-0.25, -0.2) is 0 Å². The molecular formula is C17H14ClNO2. The van der Waals surface area contributed by atoms with Crippen LogP contribution in [0.15, 0.2) is 54.7 Å². The van der Waals surface area contributed by atoms with Crippen LogP contribution in [0.1, 0.15) is 10.4 Å². The molecule has 0 bridgehead atoms. The van der Waals surface area contributed by atoms with Crippen LogP contribution in [0.5, 0.6) is 5.75 Å². The van der Waals surface area contributed by atoms with Gasteiger partial charge in [-0.3, -0.25) is 4.79 Å². The van der Waals surface area contributed by atoms with Gasteiger partial charge in [-0.2, -0.15) is 0 Å². The monoisotopic (exact) mass is 299 g/mol. The van der Waals surface area contributed by atoms with Crippen LogP contribution >= 0.6 is 11.6 Å². The first-order valence-corrected chi connectivity index (χ1v) is 6.98. The fourth-order valence-electron chi connectivity index (χ4n) is 2.44. The molecule has 0 aliphatic rings. The smallest absolute Gasteiger partial charge is 0.186 e. The summed E-state index contributed by atoms with van der Waals surface area (Å²) in [6.45, 7) is 0.254. The molecule has 1 heterocycles. The lowest BCUT2D eigenvalue weighted by molar-refractivity contribution is 0.0970. The molecule has 0 aliphatic heterocycles. The molecule has 3 nitrogen and oxygen atoms in total. The first-order valence-electron chi connectivity index (χ1n) is 6.60. The first-order chi connectivity index (χ1) is 10.2. The summed E-state index contributed by atoms with van der Waals surface area (Å²) in [6.07, 6.45) is 1.88. The lowest BCUT2D eigenvalue weighted by atomic mass is 10.1. The molecule has 3 aromatic rings. The average molecular weight is 300 g/mol. The van der Waals surface area contributed by atoms with E-state index >= 15 is 0 Å². The number of methoxy groups -OCH3 is 1. The van der Waals surface area contributed by atoms with E-state index < -0.39 is 0 Å². The molecule has 0 atom stereocenters. The van der Waals surface area contributed by atoms with Crippen LogP contribution in [-0.2, 0) is 6.54 Å². The van der Waals surface area contributed by atoms with E-state index in [1.165, 1.54) is 0 Å². The van der Waals surface area contributed by atoms with Crippen LogP contribution in [0.4, 0.5) is 0 Å². The molecule has 106 valence electrons. The van der Waals surface area contributed by atoms with E-state index in [4.69, 9.17) is 16.3 Å². The van der Waals surface area contributed by atoms with Crippen molar-refractivity contribution in [2.75, 3.05) is 7.11 Å². The molecule has 0 spiro atoms. The SMILES string of the molecule is COc1ccccc1C(=O)Cn1ccc2c(Cl)cccc21. The molecule has 0 fully saturated rings. The molecule has 0 unspecified atom stereocenters. The quantitative estimate of drug-likeness (QED) is 0.677. The van der Waals surface area contributed by atoms with Crippen molar-refractivity contribution in [3.05, 3.63) is 65.3 Å². The third kappa shape index (κ3) is 2.52. The number of benzene rings is 2. The van der Waals surface area contributed by atoms with Crippen LogP contribution < -0.4 is 4.74 Å². The van der Waals surface area contributed by atoms with Gasteiger partial charge in [0, 0.05) is 22.1 Å². The van der Waals surface area contributed by atoms with Crippen LogP contribution in [0.2, 0.25) is 5.02 Å². The molecule has 21 heavy (non-hydrogen) atoms. The highest BCUT2D eigenvalue weighted by atomic mass is 35.5. The van der Waals surface area contributed by atoms with Gasteiger partial charge < -0.3 is 9.30 Å². The zero-order valence-corrected chi connectivity index (χ0v) is 12.3. The number of ether oxygens (including phenoxy) is 1. The minimum absolute atomic E-state index is 0.00456. The lowest BCUT2D eigenvalue weighted by Crippen LogP contribution is -2.10. The fraction of sp³-hybridized carbons (Fsp3) is 0.118. The second-order valence-corrected chi connectivity index (χ2v) is 5.15. The normalized spacial score (nSPS) is 10.8. The fourth-order valence-corrected chi connectivity index (χ4v) is 2.67. The zero-order chi connectivity index (χ0) is 14.8. The number of halogens is 1. The Hall–Kier alpha value is -2.26. The summed E-state index contributed by atoms with van der Waals surface area (Å²) in [4.78, 5) is 12.5. The number of nitrogens with zero attached hydrogens (tertiary/aromatic N) is 1. The van der Waals surface area contributed by atoms with Gasteiger partial charge in [0.15, 0.2) is 5.78 Å². The van der Waals surface area contributed by atoms with E-state index in [0.717, 1.165) is 10.9 Å². The third-order valence-corrected chi connectivity index (χ3v) is 3.81. The largest absolute Gasteiger partial charge is 0.496 e. The van der Waals surface area contributed by atoms with Gasteiger partial charge in [0.05, 0.1) is 19.2 Å². The number of fused-ring (bicyclic) bond motifs is 1. The molecule has 3 rings (SSSR count). The van der Waals surface area contributed by atoms with Gasteiger partial charge >= 0.3 is 0 Å². The summed E-state index contributed by atoms with van der Waals surface area (Å²) in [5.41, 5.74) is 1.54.